The molecule has 72 valence electrons. The van der Waals surface area contributed by atoms with Crippen molar-refractivity contribution >= 4 is 21.7 Å². The lowest BCUT2D eigenvalue weighted by molar-refractivity contribution is 1.04. The summed E-state index contributed by atoms with van der Waals surface area (Å²) < 4.78 is 2.79. The maximum Gasteiger partial charge on any atom is 0.125 e. The van der Waals surface area contributed by atoms with Gasteiger partial charge in [-0.25, -0.2) is 9.97 Å². The van der Waals surface area contributed by atoms with Gasteiger partial charge in [-0.05, 0) is 22.9 Å². The van der Waals surface area contributed by atoms with Gasteiger partial charge in [-0.15, -0.1) is 0 Å². The lowest BCUT2D eigenvalue weighted by Gasteiger charge is -2.04. The van der Waals surface area contributed by atoms with Crippen molar-refractivity contribution in [1.82, 2.24) is 14.5 Å². The minimum absolute atomic E-state index is 0.495. The van der Waals surface area contributed by atoms with Crippen LogP contribution in [0.25, 0.3) is 5.69 Å². The number of hydrogen-bond donors (Lipinski definition) is 1. The fourth-order valence-electron chi connectivity index (χ4n) is 1.19. The number of nitrogens with zero attached hydrogens (tertiary/aromatic N) is 3. The molecule has 2 aromatic rings. The van der Waals surface area contributed by atoms with Crippen molar-refractivity contribution in [2.45, 2.75) is 6.92 Å². The molecule has 0 aliphatic heterocycles. The van der Waals surface area contributed by atoms with E-state index in [2.05, 4.69) is 25.9 Å². The molecule has 0 aromatic carbocycles. The summed E-state index contributed by atoms with van der Waals surface area (Å²) in [7, 11) is 0. The molecular formula is C9H9BrN4. The molecule has 2 rings (SSSR count). The Morgan fingerprint density at radius 2 is 2.21 bits per heavy atom. The Balaban J connectivity index is 2.55. The Labute approximate surface area is 89.9 Å². The molecule has 2 aromatic heterocycles. The van der Waals surface area contributed by atoms with Crippen molar-refractivity contribution in [2.75, 3.05) is 5.73 Å². The van der Waals surface area contributed by atoms with Gasteiger partial charge in [-0.1, -0.05) is 0 Å². The number of hydrogen-bond acceptors (Lipinski definition) is 3. The summed E-state index contributed by atoms with van der Waals surface area (Å²) in [4.78, 5) is 8.11. The Morgan fingerprint density at radius 3 is 2.86 bits per heavy atom. The van der Waals surface area contributed by atoms with Crippen molar-refractivity contribution in [3.63, 3.8) is 0 Å². The number of nitrogens with two attached hydrogens (primary N) is 1. The van der Waals surface area contributed by atoms with Crippen LogP contribution in [0.5, 0.6) is 0 Å². The molecule has 0 atom stereocenters. The van der Waals surface area contributed by atoms with Crippen molar-refractivity contribution in [1.29, 1.82) is 0 Å². The predicted molar refractivity (Wildman–Crippen MR) is 58.2 cm³/mol. The fraction of sp³-hybridized carbons (Fsp3) is 0.111. The van der Waals surface area contributed by atoms with E-state index in [1.54, 1.807) is 18.6 Å². The van der Waals surface area contributed by atoms with Gasteiger partial charge in [0, 0.05) is 18.5 Å². The smallest absolute Gasteiger partial charge is 0.125 e. The Bertz CT molecular complexity index is 464. The molecule has 0 spiro atoms. The first-order valence-electron chi connectivity index (χ1n) is 4.09. The van der Waals surface area contributed by atoms with Gasteiger partial charge in [0.1, 0.15) is 5.82 Å². The van der Waals surface area contributed by atoms with E-state index in [0.717, 1.165) is 15.9 Å². The molecule has 14 heavy (non-hydrogen) atoms. The highest BCUT2D eigenvalue weighted by Gasteiger charge is 2.03. The molecule has 2 N–H and O–H groups in total. The molecule has 0 unspecified atom stereocenters. The number of imidazole rings is 1. The van der Waals surface area contributed by atoms with Crippen molar-refractivity contribution < 1.29 is 0 Å². The van der Waals surface area contributed by atoms with E-state index in [4.69, 9.17) is 5.73 Å². The van der Waals surface area contributed by atoms with Crippen LogP contribution >= 0.6 is 15.9 Å². The Hall–Kier alpha value is -1.36. The van der Waals surface area contributed by atoms with Gasteiger partial charge in [0.15, 0.2) is 0 Å². The van der Waals surface area contributed by atoms with Crippen LogP contribution in [0, 0.1) is 6.92 Å². The second-order valence-electron chi connectivity index (χ2n) is 2.98. The van der Waals surface area contributed by atoms with E-state index < -0.39 is 0 Å². The summed E-state index contributed by atoms with van der Waals surface area (Å²) in [5, 5.41) is 0. The molecular weight excluding hydrogens is 244 g/mol. The summed E-state index contributed by atoms with van der Waals surface area (Å²) in [6, 6.07) is 1.80. The third kappa shape index (κ3) is 1.63. The van der Waals surface area contributed by atoms with E-state index in [0.29, 0.717) is 5.82 Å². The van der Waals surface area contributed by atoms with Crippen LogP contribution < -0.4 is 5.73 Å². The standard InChI is InChI=1S/C9H9BrN4/c1-6-4-14(5-13-6)8-2-9(11)12-3-7(8)10/h2-5H,1H3,(H2,11,12). The van der Waals surface area contributed by atoms with Crippen molar-refractivity contribution in [3.05, 3.63) is 35.0 Å². The van der Waals surface area contributed by atoms with Crippen LogP contribution in [0.15, 0.2) is 29.3 Å². The second-order valence-corrected chi connectivity index (χ2v) is 3.84. The minimum Gasteiger partial charge on any atom is -0.384 e. The third-order valence-electron chi connectivity index (χ3n) is 1.85. The van der Waals surface area contributed by atoms with Crippen molar-refractivity contribution in [3.8, 4) is 5.69 Å². The van der Waals surface area contributed by atoms with Crippen LogP contribution in [0.1, 0.15) is 5.69 Å². The normalized spacial score (nSPS) is 10.4. The first-order chi connectivity index (χ1) is 6.66. The Morgan fingerprint density at radius 1 is 1.43 bits per heavy atom. The summed E-state index contributed by atoms with van der Waals surface area (Å²) in [6.07, 6.45) is 5.36. The molecule has 0 saturated heterocycles. The number of nitrogen functional groups attached to an aromatic ring is 1. The quantitative estimate of drug-likeness (QED) is 0.844. The van der Waals surface area contributed by atoms with E-state index >= 15 is 0 Å². The van der Waals surface area contributed by atoms with Crippen LogP contribution in [0.2, 0.25) is 0 Å². The average molecular weight is 253 g/mol. The molecule has 0 aliphatic carbocycles. The van der Waals surface area contributed by atoms with E-state index in [1.165, 1.54) is 0 Å². The number of rotatable bonds is 1. The van der Waals surface area contributed by atoms with Gasteiger partial charge in [-0.2, -0.15) is 0 Å². The molecule has 0 amide bonds. The highest BCUT2D eigenvalue weighted by Crippen LogP contribution is 2.21. The largest absolute Gasteiger partial charge is 0.384 e. The number of aryl methyl sites for hydroxylation is 1. The zero-order valence-electron chi connectivity index (χ0n) is 7.61. The lowest BCUT2D eigenvalue weighted by Crippen LogP contribution is -1.96. The highest BCUT2D eigenvalue weighted by atomic mass is 79.9. The molecule has 0 bridgehead atoms. The highest BCUT2D eigenvalue weighted by molar-refractivity contribution is 9.10. The van der Waals surface area contributed by atoms with Gasteiger partial charge in [0.25, 0.3) is 0 Å². The van der Waals surface area contributed by atoms with Gasteiger partial charge >= 0.3 is 0 Å². The van der Waals surface area contributed by atoms with Crippen LogP contribution in [-0.4, -0.2) is 14.5 Å². The molecule has 0 fully saturated rings. The SMILES string of the molecule is Cc1cn(-c2cc(N)ncc2Br)cn1. The zero-order valence-corrected chi connectivity index (χ0v) is 9.19. The van der Waals surface area contributed by atoms with Gasteiger partial charge < -0.3 is 10.3 Å². The monoisotopic (exact) mass is 252 g/mol. The summed E-state index contributed by atoms with van der Waals surface area (Å²) >= 11 is 3.41. The van der Waals surface area contributed by atoms with Crippen LogP contribution in [-0.2, 0) is 0 Å². The average Bonchev–Trinajstić information content (AvgIpc) is 2.56. The molecule has 2 heterocycles. The zero-order chi connectivity index (χ0) is 10.1. The first kappa shape index (κ1) is 9.21. The first-order valence-corrected chi connectivity index (χ1v) is 4.88. The van der Waals surface area contributed by atoms with Gasteiger partial charge in [0.05, 0.1) is 22.2 Å². The van der Waals surface area contributed by atoms with E-state index in [9.17, 15) is 0 Å². The second kappa shape index (κ2) is 3.42. The molecule has 0 aliphatic rings. The molecule has 0 radical (unpaired) electrons. The van der Waals surface area contributed by atoms with Crippen LogP contribution in [0.4, 0.5) is 5.82 Å². The summed E-state index contributed by atoms with van der Waals surface area (Å²) in [5.74, 6) is 0.495. The number of halogens is 1. The van der Waals surface area contributed by atoms with E-state index in [1.807, 2.05) is 17.7 Å². The van der Waals surface area contributed by atoms with Gasteiger partial charge in [0.2, 0.25) is 0 Å². The van der Waals surface area contributed by atoms with E-state index in [-0.39, 0.29) is 0 Å². The van der Waals surface area contributed by atoms with Crippen LogP contribution in [0.3, 0.4) is 0 Å². The topological polar surface area (TPSA) is 56.7 Å². The lowest BCUT2D eigenvalue weighted by atomic mass is 10.4. The summed E-state index contributed by atoms with van der Waals surface area (Å²) in [6.45, 7) is 1.94. The third-order valence-corrected chi connectivity index (χ3v) is 2.46. The van der Waals surface area contributed by atoms with Gasteiger partial charge in [-0.3, -0.25) is 0 Å². The maximum atomic E-state index is 5.61. The number of aromatic nitrogens is 3. The fourth-order valence-corrected chi connectivity index (χ4v) is 1.62. The number of pyridine rings is 1. The Kier molecular flexibility index (Phi) is 2.25. The minimum atomic E-state index is 0.495. The maximum absolute atomic E-state index is 5.61. The molecule has 5 heteroatoms. The van der Waals surface area contributed by atoms with Crippen molar-refractivity contribution in [2.24, 2.45) is 0 Å². The molecule has 4 nitrogen and oxygen atoms in total. The predicted octanol–water partition coefficient (Wildman–Crippen LogP) is 1.92. The molecule has 0 saturated carbocycles. The number of anilines is 1. The summed E-state index contributed by atoms with van der Waals surface area (Å²) in [5.41, 5.74) is 7.51.